The Balaban J connectivity index is 1.22. The molecule has 0 spiro atoms. The van der Waals surface area contributed by atoms with E-state index in [-0.39, 0.29) is 0 Å². The van der Waals surface area contributed by atoms with Gasteiger partial charge in [-0.3, -0.25) is 5.10 Å². The van der Waals surface area contributed by atoms with Gasteiger partial charge in [-0.15, -0.1) is 11.3 Å². The SMILES string of the molecule is CCC1(CN2CCC(c3cnc(-c4[nH]nc(-c5cc(C)c6ncnn6c5)c4C(C)C)s3)CC2)COC1. The second-order valence-corrected chi connectivity index (χ2v) is 12.0. The second-order valence-electron chi connectivity index (χ2n) is 10.9. The summed E-state index contributed by atoms with van der Waals surface area (Å²) in [6.07, 6.45) is 9.32. The van der Waals surface area contributed by atoms with E-state index in [1.54, 1.807) is 6.33 Å². The highest BCUT2D eigenvalue weighted by molar-refractivity contribution is 7.15. The molecule has 6 rings (SSSR count). The summed E-state index contributed by atoms with van der Waals surface area (Å²) in [4.78, 5) is 13.3. The van der Waals surface area contributed by atoms with Crippen molar-refractivity contribution >= 4 is 17.0 Å². The monoisotopic (exact) mass is 505 g/mol. The molecule has 190 valence electrons. The lowest BCUT2D eigenvalue weighted by Gasteiger charge is -2.45. The molecule has 9 heteroatoms. The summed E-state index contributed by atoms with van der Waals surface area (Å²) in [7, 11) is 0. The van der Waals surface area contributed by atoms with Crippen LogP contribution in [0.25, 0.3) is 27.6 Å². The van der Waals surface area contributed by atoms with Gasteiger partial charge in [0.1, 0.15) is 11.3 Å². The summed E-state index contributed by atoms with van der Waals surface area (Å²) >= 11 is 1.83. The first-order valence-electron chi connectivity index (χ1n) is 13.1. The van der Waals surface area contributed by atoms with Crippen molar-refractivity contribution in [2.45, 2.75) is 58.8 Å². The van der Waals surface area contributed by atoms with E-state index in [0.717, 1.165) is 59.5 Å². The molecule has 0 aromatic carbocycles. The summed E-state index contributed by atoms with van der Waals surface area (Å²) in [6, 6.07) is 2.15. The number of hydrogen-bond donors (Lipinski definition) is 1. The average Bonchev–Trinajstić information content (AvgIpc) is 3.60. The zero-order chi connectivity index (χ0) is 24.9. The molecule has 1 N–H and O–H groups in total. The molecule has 2 fully saturated rings. The number of pyridine rings is 1. The van der Waals surface area contributed by atoms with Gasteiger partial charge in [-0.2, -0.15) is 10.2 Å². The van der Waals surface area contributed by atoms with Crippen molar-refractivity contribution in [1.29, 1.82) is 0 Å². The number of aromatic amines is 1. The number of aryl methyl sites for hydroxylation is 1. The van der Waals surface area contributed by atoms with Gasteiger partial charge < -0.3 is 9.64 Å². The number of hydrogen-bond acceptors (Lipinski definition) is 7. The molecule has 36 heavy (non-hydrogen) atoms. The summed E-state index contributed by atoms with van der Waals surface area (Å²) in [5, 5.41) is 13.5. The molecule has 0 atom stereocenters. The number of piperidine rings is 1. The predicted molar refractivity (Wildman–Crippen MR) is 142 cm³/mol. The normalized spacial score (nSPS) is 18.8. The Labute approximate surface area is 216 Å². The van der Waals surface area contributed by atoms with Gasteiger partial charge in [-0.1, -0.05) is 20.8 Å². The van der Waals surface area contributed by atoms with Crippen LogP contribution in [0.2, 0.25) is 0 Å². The van der Waals surface area contributed by atoms with Crippen molar-refractivity contribution in [3.8, 4) is 22.0 Å². The van der Waals surface area contributed by atoms with Gasteiger partial charge in [0.05, 0.1) is 24.6 Å². The quantitative estimate of drug-likeness (QED) is 0.368. The van der Waals surface area contributed by atoms with Gasteiger partial charge in [0.15, 0.2) is 5.65 Å². The van der Waals surface area contributed by atoms with E-state index in [1.165, 1.54) is 36.2 Å². The van der Waals surface area contributed by atoms with Gasteiger partial charge in [0.2, 0.25) is 0 Å². The smallest absolute Gasteiger partial charge is 0.158 e. The second kappa shape index (κ2) is 9.36. The molecule has 4 aromatic rings. The predicted octanol–water partition coefficient (Wildman–Crippen LogP) is 5.28. The number of likely N-dealkylation sites (tertiary alicyclic amines) is 1. The number of ether oxygens (including phenoxy) is 1. The van der Waals surface area contributed by atoms with Crippen LogP contribution in [0.15, 0.2) is 24.8 Å². The first-order valence-corrected chi connectivity index (χ1v) is 13.9. The van der Waals surface area contributed by atoms with E-state index >= 15 is 0 Å². The molecule has 0 aliphatic carbocycles. The van der Waals surface area contributed by atoms with Crippen LogP contribution in [0.4, 0.5) is 0 Å². The van der Waals surface area contributed by atoms with E-state index in [2.05, 4.69) is 60.0 Å². The minimum absolute atomic E-state index is 0.303. The van der Waals surface area contributed by atoms with E-state index < -0.39 is 0 Å². The number of nitrogens with one attached hydrogen (secondary N) is 1. The summed E-state index contributed by atoms with van der Waals surface area (Å²) in [5.74, 6) is 0.891. The zero-order valence-electron chi connectivity index (χ0n) is 21.6. The Morgan fingerprint density at radius 1 is 1.22 bits per heavy atom. The van der Waals surface area contributed by atoms with E-state index in [0.29, 0.717) is 17.3 Å². The Morgan fingerprint density at radius 2 is 2.03 bits per heavy atom. The summed E-state index contributed by atoms with van der Waals surface area (Å²) in [5.41, 5.74) is 6.62. The first-order chi connectivity index (χ1) is 17.5. The van der Waals surface area contributed by atoms with Crippen LogP contribution in [0.1, 0.15) is 67.9 Å². The molecule has 8 nitrogen and oxygen atoms in total. The molecule has 0 bridgehead atoms. The maximum Gasteiger partial charge on any atom is 0.158 e. The number of H-pyrrole nitrogens is 1. The van der Waals surface area contributed by atoms with Crippen molar-refractivity contribution in [3.05, 3.63) is 40.8 Å². The van der Waals surface area contributed by atoms with Crippen LogP contribution in [-0.2, 0) is 4.74 Å². The number of nitrogens with zero attached hydrogens (tertiary/aromatic N) is 6. The van der Waals surface area contributed by atoms with Crippen LogP contribution in [0.3, 0.4) is 0 Å². The third kappa shape index (κ3) is 4.17. The van der Waals surface area contributed by atoms with Crippen LogP contribution < -0.4 is 0 Å². The molecule has 0 unspecified atom stereocenters. The van der Waals surface area contributed by atoms with E-state index in [4.69, 9.17) is 14.8 Å². The molecule has 0 radical (unpaired) electrons. The van der Waals surface area contributed by atoms with Crippen molar-refractivity contribution in [3.63, 3.8) is 0 Å². The van der Waals surface area contributed by atoms with Crippen LogP contribution in [-0.4, -0.2) is 67.5 Å². The van der Waals surface area contributed by atoms with Gasteiger partial charge >= 0.3 is 0 Å². The van der Waals surface area contributed by atoms with Crippen molar-refractivity contribution < 1.29 is 4.74 Å². The Bertz CT molecular complexity index is 1350. The van der Waals surface area contributed by atoms with Gasteiger partial charge in [-0.25, -0.2) is 14.5 Å². The summed E-state index contributed by atoms with van der Waals surface area (Å²) < 4.78 is 7.37. The molecule has 4 aromatic heterocycles. The lowest BCUT2D eigenvalue weighted by molar-refractivity contribution is -0.129. The van der Waals surface area contributed by atoms with Gasteiger partial charge in [0.25, 0.3) is 0 Å². The van der Waals surface area contributed by atoms with E-state index in [9.17, 15) is 0 Å². The Morgan fingerprint density at radius 3 is 2.72 bits per heavy atom. The highest BCUT2D eigenvalue weighted by Gasteiger charge is 2.39. The Hall–Kier alpha value is -2.62. The third-order valence-electron chi connectivity index (χ3n) is 8.07. The minimum Gasteiger partial charge on any atom is -0.380 e. The zero-order valence-corrected chi connectivity index (χ0v) is 22.4. The number of fused-ring (bicyclic) bond motifs is 1. The van der Waals surface area contributed by atoms with Gasteiger partial charge in [-0.05, 0) is 62.7 Å². The number of aromatic nitrogens is 6. The summed E-state index contributed by atoms with van der Waals surface area (Å²) in [6.45, 7) is 14.2. The number of rotatable bonds is 7. The van der Waals surface area contributed by atoms with Crippen molar-refractivity contribution in [2.24, 2.45) is 5.41 Å². The molecule has 2 aliphatic rings. The largest absolute Gasteiger partial charge is 0.380 e. The molecule has 0 saturated carbocycles. The minimum atomic E-state index is 0.303. The molecule has 0 amide bonds. The van der Waals surface area contributed by atoms with E-state index in [1.807, 2.05) is 22.0 Å². The maximum absolute atomic E-state index is 5.53. The van der Waals surface area contributed by atoms with Crippen molar-refractivity contribution in [2.75, 3.05) is 32.8 Å². The third-order valence-corrected chi connectivity index (χ3v) is 9.24. The lowest BCUT2D eigenvalue weighted by Crippen LogP contribution is -2.51. The molecular formula is C27H35N7OS. The lowest BCUT2D eigenvalue weighted by atomic mass is 9.82. The fourth-order valence-corrected chi connectivity index (χ4v) is 6.85. The molecule has 6 heterocycles. The first kappa shape index (κ1) is 23.8. The molecule has 2 saturated heterocycles. The maximum atomic E-state index is 5.53. The topological polar surface area (TPSA) is 84.2 Å². The Kier molecular flexibility index (Phi) is 6.17. The fourth-order valence-electron chi connectivity index (χ4n) is 5.76. The van der Waals surface area contributed by atoms with Gasteiger partial charge in [0, 0.05) is 40.4 Å². The highest BCUT2D eigenvalue weighted by Crippen LogP contribution is 2.41. The standard InChI is InChI=1S/C27H35N7OS/c1-5-27(14-35-15-27)13-33-8-6-19(7-9-33)21-11-28-26(36-21)24-22(17(2)3)23(31-32-24)20-10-18(4)25-29-16-30-34(25)12-20/h10-12,16-17,19H,5-9,13-15H2,1-4H3,(H,31,32). The number of thiazole rings is 1. The average molecular weight is 506 g/mol. The molecule has 2 aliphatic heterocycles. The molecular weight excluding hydrogens is 470 g/mol. The van der Waals surface area contributed by atoms with Crippen LogP contribution in [0.5, 0.6) is 0 Å². The van der Waals surface area contributed by atoms with Crippen LogP contribution >= 0.6 is 11.3 Å². The highest BCUT2D eigenvalue weighted by atomic mass is 32.1. The fraction of sp³-hybridized carbons (Fsp3) is 0.556. The van der Waals surface area contributed by atoms with Crippen LogP contribution in [0, 0.1) is 12.3 Å². The van der Waals surface area contributed by atoms with Crippen molar-refractivity contribution in [1.82, 2.24) is 34.7 Å².